The van der Waals surface area contributed by atoms with Crippen molar-refractivity contribution in [2.45, 2.75) is 33.7 Å². The maximum absolute atomic E-state index is 12.1. The van der Waals surface area contributed by atoms with Gasteiger partial charge in [0.25, 0.3) is 0 Å². The van der Waals surface area contributed by atoms with E-state index in [4.69, 9.17) is 11.6 Å². The van der Waals surface area contributed by atoms with Gasteiger partial charge in [-0.05, 0) is 39.0 Å². The number of anilines is 1. The van der Waals surface area contributed by atoms with E-state index >= 15 is 0 Å². The Labute approximate surface area is 143 Å². The molecule has 0 unspecified atom stereocenters. The summed E-state index contributed by atoms with van der Waals surface area (Å²) in [6.07, 6.45) is 0.345. The Hall–Kier alpha value is -1.92. The number of nitrogens with one attached hydrogen (secondary N) is 1. The van der Waals surface area contributed by atoms with Crippen LogP contribution in [0.25, 0.3) is 10.2 Å². The summed E-state index contributed by atoms with van der Waals surface area (Å²) in [5.41, 5.74) is 3.43. The van der Waals surface area contributed by atoms with E-state index in [1.54, 1.807) is 16.0 Å². The van der Waals surface area contributed by atoms with Gasteiger partial charge in [0.2, 0.25) is 5.91 Å². The molecule has 0 saturated carbocycles. The fraction of sp³-hybridized carbons (Fsp3) is 0.312. The van der Waals surface area contributed by atoms with Crippen molar-refractivity contribution in [2.75, 3.05) is 5.32 Å². The summed E-state index contributed by atoms with van der Waals surface area (Å²) in [5.74, 6) is -0.0470. The first-order chi connectivity index (χ1) is 10.9. The number of hydrogen-bond acceptors (Lipinski definition) is 4. The molecule has 0 aliphatic carbocycles. The first-order valence-electron chi connectivity index (χ1n) is 7.30. The molecule has 0 saturated heterocycles. The number of hydrogen-bond donors (Lipinski definition) is 1. The molecule has 2 heterocycles. The van der Waals surface area contributed by atoms with Gasteiger partial charge in [-0.25, -0.2) is 4.98 Å². The minimum Gasteiger partial charge on any atom is -0.326 e. The van der Waals surface area contributed by atoms with Crippen LogP contribution in [0.4, 0.5) is 5.69 Å². The summed E-state index contributed by atoms with van der Waals surface area (Å²) in [5, 5.41) is 8.93. The SMILES string of the molecule is Cc1nc2ccc(NC(=O)CCn3nc(C)c(Cl)c3C)cc2s1. The van der Waals surface area contributed by atoms with Gasteiger partial charge in [-0.3, -0.25) is 9.48 Å². The molecule has 5 nitrogen and oxygen atoms in total. The molecular weight excluding hydrogens is 332 g/mol. The van der Waals surface area contributed by atoms with Gasteiger partial charge in [-0.15, -0.1) is 11.3 Å². The zero-order chi connectivity index (χ0) is 16.6. The normalized spacial score (nSPS) is 11.1. The molecule has 0 aliphatic rings. The number of aryl methyl sites for hydroxylation is 3. The topological polar surface area (TPSA) is 59.8 Å². The number of fused-ring (bicyclic) bond motifs is 1. The van der Waals surface area contributed by atoms with E-state index in [2.05, 4.69) is 15.4 Å². The van der Waals surface area contributed by atoms with Crippen molar-refractivity contribution in [1.82, 2.24) is 14.8 Å². The number of amides is 1. The minimum absolute atomic E-state index is 0.0470. The van der Waals surface area contributed by atoms with Crippen molar-refractivity contribution in [3.05, 3.63) is 39.6 Å². The third kappa shape index (κ3) is 3.38. The monoisotopic (exact) mass is 348 g/mol. The Balaban J connectivity index is 1.65. The number of carbonyl (C=O) groups is 1. The van der Waals surface area contributed by atoms with Crippen LogP contribution in [0.15, 0.2) is 18.2 Å². The van der Waals surface area contributed by atoms with Gasteiger partial charge < -0.3 is 5.32 Å². The molecule has 1 aromatic carbocycles. The van der Waals surface area contributed by atoms with Crippen molar-refractivity contribution in [3.63, 3.8) is 0 Å². The zero-order valence-corrected chi connectivity index (χ0v) is 14.8. The Morgan fingerprint density at radius 2 is 2.13 bits per heavy atom. The molecule has 0 atom stereocenters. The molecule has 23 heavy (non-hydrogen) atoms. The smallest absolute Gasteiger partial charge is 0.226 e. The molecule has 0 radical (unpaired) electrons. The lowest BCUT2D eigenvalue weighted by Crippen LogP contribution is -2.15. The third-order valence-corrected chi connectivity index (χ3v) is 5.10. The van der Waals surface area contributed by atoms with E-state index in [1.807, 2.05) is 39.0 Å². The van der Waals surface area contributed by atoms with Crippen LogP contribution in [0, 0.1) is 20.8 Å². The lowest BCUT2D eigenvalue weighted by Gasteiger charge is -2.06. The van der Waals surface area contributed by atoms with Crippen LogP contribution in [0.5, 0.6) is 0 Å². The molecular formula is C16H17ClN4OS. The van der Waals surface area contributed by atoms with E-state index < -0.39 is 0 Å². The number of halogens is 1. The highest BCUT2D eigenvalue weighted by atomic mass is 35.5. The van der Waals surface area contributed by atoms with Gasteiger partial charge in [-0.1, -0.05) is 11.6 Å². The number of rotatable bonds is 4. The average molecular weight is 349 g/mol. The number of aromatic nitrogens is 3. The number of nitrogens with zero attached hydrogens (tertiary/aromatic N) is 3. The highest BCUT2D eigenvalue weighted by Gasteiger charge is 2.11. The summed E-state index contributed by atoms with van der Waals surface area (Å²) < 4.78 is 2.85. The first kappa shape index (κ1) is 16.0. The van der Waals surface area contributed by atoms with E-state index in [0.29, 0.717) is 18.0 Å². The molecule has 1 amide bonds. The van der Waals surface area contributed by atoms with E-state index in [0.717, 1.165) is 32.3 Å². The second-order valence-corrected chi connectivity index (χ2v) is 7.03. The molecule has 1 N–H and O–H groups in total. The van der Waals surface area contributed by atoms with Crippen LogP contribution in [0.3, 0.4) is 0 Å². The van der Waals surface area contributed by atoms with Gasteiger partial charge in [0.05, 0.1) is 38.2 Å². The van der Waals surface area contributed by atoms with E-state index in [1.165, 1.54) is 0 Å². The fourth-order valence-electron chi connectivity index (χ4n) is 2.44. The van der Waals surface area contributed by atoms with Crippen LogP contribution in [-0.2, 0) is 11.3 Å². The molecule has 120 valence electrons. The van der Waals surface area contributed by atoms with E-state index in [9.17, 15) is 4.79 Å². The van der Waals surface area contributed by atoms with Crippen molar-refractivity contribution in [3.8, 4) is 0 Å². The second-order valence-electron chi connectivity index (χ2n) is 5.42. The third-order valence-electron chi connectivity index (χ3n) is 3.62. The Bertz CT molecular complexity index is 884. The maximum Gasteiger partial charge on any atom is 0.226 e. The number of carbonyl (C=O) groups excluding carboxylic acids is 1. The van der Waals surface area contributed by atoms with Crippen LogP contribution < -0.4 is 5.32 Å². The summed E-state index contributed by atoms with van der Waals surface area (Å²) >= 11 is 7.73. The highest BCUT2D eigenvalue weighted by molar-refractivity contribution is 7.18. The minimum atomic E-state index is -0.0470. The van der Waals surface area contributed by atoms with Crippen LogP contribution in [0.1, 0.15) is 22.8 Å². The first-order valence-corrected chi connectivity index (χ1v) is 8.50. The molecule has 7 heteroatoms. The fourth-order valence-corrected chi connectivity index (χ4v) is 3.44. The predicted molar refractivity (Wildman–Crippen MR) is 94.3 cm³/mol. The highest BCUT2D eigenvalue weighted by Crippen LogP contribution is 2.25. The van der Waals surface area contributed by atoms with Crippen LogP contribution in [-0.4, -0.2) is 20.7 Å². The molecule has 3 aromatic rings. The largest absolute Gasteiger partial charge is 0.326 e. The zero-order valence-electron chi connectivity index (χ0n) is 13.2. The lowest BCUT2D eigenvalue weighted by molar-refractivity contribution is -0.116. The molecule has 2 aromatic heterocycles. The van der Waals surface area contributed by atoms with Crippen molar-refractivity contribution in [2.24, 2.45) is 0 Å². The van der Waals surface area contributed by atoms with Crippen LogP contribution in [0.2, 0.25) is 5.02 Å². The summed E-state index contributed by atoms with van der Waals surface area (Å²) in [6, 6.07) is 5.76. The predicted octanol–water partition coefficient (Wildman–Crippen LogP) is 4.10. The van der Waals surface area contributed by atoms with Gasteiger partial charge in [0.1, 0.15) is 0 Å². The Morgan fingerprint density at radius 1 is 1.35 bits per heavy atom. The summed E-state index contributed by atoms with van der Waals surface area (Å²) in [4.78, 5) is 16.5. The molecule has 0 fully saturated rings. The molecule has 0 bridgehead atoms. The number of thiazole rings is 1. The lowest BCUT2D eigenvalue weighted by atomic mass is 10.3. The summed E-state index contributed by atoms with van der Waals surface area (Å²) in [6.45, 7) is 6.24. The van der Waals surface area contributed by atoms with Crippen molar-refractivity contribution in [1.29, 1.82) is 0 Å². The molecule has 3 rings (SSSR count). The standard InChI is InChI=1S/C16H17ClN4OS/c1-9-16(17)10(2)21(20-9)7-6-15(22)19-12-4-5-13-14(8-12)23-11(3)18-13/h4-5,8H,6-7H2,1-3H3,(H,19,22). The average Bonchev–Trinajstić information content (AvgIpc) is 2.99. The van der Waals surface area contributed by atoms with Gasteiger partial charge in [0.15, 0.2) is 0 Å². The van der Waals surface area contributed by atoms with Gasteiger partial charge >= 0.3 is 0 Å². The van der Waals surface area contributed by atoms with Gasteiger partial charge in [0, 0.05) is 12.1 Å². The van der Waals surface area contributed by atoms with Crippen molar-refractivity contribution < 1.29 is 4.79 Å². The van der Waals surface area contributed by atoms with Gasteiger partial charge in [-0.2, -0.15) is 5.10 Å². The molecule has 0 aliphatic heterocycles. The Kier molecular flexibility index (Phi) is 4.37. The van der Waals surface area contributed by atoms with Crippen molar-refractivity contribution >= 4 is 44.7 Å². The number of benzene rings is 1. The van der Waals surface area contributed by atoms with Crippen LogP contribution >= 0.6 is 22.9 Å². The quantitative estimate of drug-likeness (QED) is 0.772. The molecule has 0 spiro atoms. The second kappa shape index (κ2) is 6.29. The Morgan fingerprint density at radius 3 is 2.83 bits per heavy atom. The van der Waals surface area contributed by atoms with E-state index in [-0.39, 0.29) is 5.91 Å². The maximum atomic E-state index is 12.1. The summed E-state index contributed by atoms with van der Waals surface area (Å²) in [7, 11) is 0.